The highest BCUT2D eigenvalue weighted by atomic mass is 79.9. The van der Waals surface area contributed by atoms with Crippen molar-refractivity contribution < 1.29 is 4.74 Å². The lowest BCUT2D eigenvalue weighted by atomic mass is 9.94. The van der Waals surface area contributed by atoms with E-state index in [1.165, 1.54) is 32.1 Å². The van der Waals surface area contributed by atoms with E-state index < -0.39 is 0 Å². The Morgan fingerprint density at radius 2 is 1.79 bits per heavy atom. The van der Waals surface area contributed by atoms with Crippen LogP contribution in [0.4, 0.5) is 0 Å². The average molecular weight is 326 g/mol. The zero-order valence-electron chi connectivity index (χ0n) is 11.6. The van der Waals surface area contributed by atoms with Gasteiger partial charge in [0, 0.05) is 24.5 Å². The fourth-order valence-electron chi connectivity index (χ4n) is 2.83. The van der Waals surface area contributed by atoms with Gasteiger partial charge in [-0.3, -0.25) is 4.90 Å². The molecule has 0 aliphatic heterocycles. The van der Waals surface area contributed by atoms with Crippen LogP contribution in [0.5, 0.6) is 5.75 Å². The minimum atomic E-state index is 0.769. The Bertz CT molecular complexity index is 338. The third-order valence-electron chi connectivity index (χ3n) is 3.85. The van der Waals surface area contributed by atoms with Crippen LogP contribution in [0.25, 0.3) is 0 Å². The summed E-state index contributed by atoms with van der Waals surface area (Å²) in [5.74, 6) is 0.977. The predicted octanol–water partition coefficient (Wildman–Crippen LogP) is 4.10. The zero-order valence-corrected chi connectivity index (χ0v) is 13.1. The summed E-state index contributed by atoms with van der Waals surface area (Å²) in [6.07, 6.45) is 6.92. The van der Waals surface area contributed by atoms with Gasteiger partial charge in [-0.15, -0.1) is 0 Å². The van der Waals surface area contributed by atoms with Crippen molar-refractivity contribution in [3.8, 4) is 5.75 Å². The van der Waals surface area contributed by atoms with Crippen molar-refractivity contribution in [3.05, 3.63) is 30.3 Å². The van der Waals surface area contributed by atoms with Crippen molar-refractivity contribution >= 4 is 15.9 Å². The molecule has 1 fully saturated rings. The topological polar surface area (TPSA) is 12.5 Å². The number of alkyl halides is 1. The molecular weight excluding hydrogens is 302 g/mol. The molecule has 106 valence electrons. The van der Waals surface area contributed by atoms with Gasteiger partial charge < -0.3 is 4.74 Å². The molecule has 0 unspecified atom stereocenters. The fourth-order valence-corrected chi connectivity index (χ4v) is 3.28. The summed E-state index contributed by atoms with van der Waals surface area (Å²) >= 11 is 3.57. The van der Waals surface area contributed by atoms with Crippen LogP contribution in [-0.2, 0) is 0 Å². The van der Waals surface area contributed by atoms with Crippen molar-refractivity contribution in [2.24, 2.45) is 0 Å². The molecule has 0 atom stereocenters. The number of hydrogen-bond donors (Lipinski definition) is 0. The summed E-state index contributed by atoms with van der Waals surface area (Å²) in [4.78, 5) is 2.59. The molecule has 0 spiro atoms. The minimum absolute atomic E-state index is 0.769. The van der Waals surface area contributed by atoms with E-state index in [4.69, 9.17) is 4.74 Å². The van der Waals surface area contributed by atoms with Crippen LogP contribution in [0.15, 0.2) is 30.3 Å². The zero-order chi connectivity index (χ0) is 13.3. The lowest BCUT2D eigenvalue weighted by molar-refractivity contribution is 0.138. The largest absolute Gasteiger partial charge is 0.492 e. The molecule has 0 saturated heterocycles. The average Bonchev–Trinajstić information content (AvgIpc) is 2.48. The third-order valence-corrected chi connectivity index (χ3v) is 4.21. The van der Waals surface area contributed by atoms with Gasteiger partial charge in [-0.2, -0.15) is 0 Å². The highest BCUT2D eigenvalue weighted by molar-refractivity contribution is 9.09. The molecule has 0 heterocycles. The van der Waals surface area contributed by atoms with Gasteiger partial charge in [-0.05, 0) is 25.0 Å². The number of rotatable bonds is 7. The summed E-state index contributed by atoms with van der Waals surface area (Å²) in [6, 6.07) is 10.9. The standard InChI is InChI=1S/C16H24BrNO/c17-11-12-18(15-7-3-1-4-8-15)13-14-19-16-9-5-2-6-10-16/h2,5-6,9-10,15H,1,3-4,7-8,11-14H2. The molecular formula is C16H24BrNO. The molecule has 2 rings (SSSR count). The highest BCUT2D eigenvalue weighted by Gasteiger charge is 2.20. The molecule has 0 N–H and O–H groups in total. The molecule has 2 nitrogen and oxygen atoms in total. The van der Waals surface area contributed by atoms with Gasteiger partial charge >= 0.3 is 0 Å². The molecule has 1 aliphatic carbocycles. The molecule has 0 radical (unpaired) electrons. The number of benzene rings is 1. The number of para-hydroxylation sites is 1. The van der Waals surface area contributed by atoms with Gasteiger partial charge in [0.25, 0.3) is 0 Å². The monoisotopic (exact) mass is 325 g/mol. The summed E-state index contributed by atoms with van der Waals surface area (Å²) in [7, 11) is 0. The summed E-state index contributed by atoms with van der Waals surface area (Å²) in [6.45, 7) is 2.95. The Kier molecular flexibility index (Phi) is 6.72. The van der Waals surface area contributed by atoms with E-state index in [1.54, 1.807) is 0 Å². The number of hydrogen-bond acceptors (Lipinski definition) is 2. The second-order valence-corrected chi connectivity index (χ2v) is 5.97. The van der Waals surface area contributed by atoms with Crippen LogP contribution in [0.2, 0.25) is 0 Å². The maximum Gasteiger partial charge on any atom is 0.119 e. The van der Waals surface area contributed by atoms with E-state index in [2.05, 4.69) is 20.8 Å². The van der Waals surface area contributed by atoms with Crippen LogP contribution < -0.4 is 4.74 Å². The maximum absolute atomic E-state index is 5.82. The van der Waals surface area contributed by atoms with Gasteiger partial charge in [0.1, 0.15) is 12.4 Å². The van der Waals surface area contributed by atoms with Crippen molar-refractivity contribution in [1.82, 2.24) is 4.90 Å². The van der Waals surface area contributed by atoms with Crippen molar-refractivity contribution in [1.29, 1.82) is 0 Å². The summed E-state index contributed by atoms with van der Waals surface area (Å²) < 4.78 is 5.82. The summed E-state index contributed by atoms with van der Waals surface area (Å²) in [5.41, 5.74) is 0. The van der Waals surface area contributed by atoms with Crippen molar-refractivity contribution in [3.63, 3.8) is 0 Å². The number of nitrogens with zero attached hydrogens (tertiary/aromatic N) is 1. The molecule has 0 amide bonds. The van der Waals surface area contributed by atoms with E-state index in [-0.39, 0.29) is 0 Å². The Morgan fingerprint density at radius 1 is 1.05 bits per heavy atom. The first-order valence-electron chi connectivity index (χ1n) is 7.38. The number of ether oxygens (including phenoxy) is 1. The Hall–Kier alpha value is -0.540. The van der Waals surface area contributed by atoms with Gasteiger partial charge in [0.2, 0.25) is 0 Å². The first-order chi connectivity index (χ1) is 9.40. The van der Waals surface area contributed by atoms with E-state index >= 15 is 0 Å². The van der Waals surface area contributed by atoms with Crippen molar-refractivity contribution in [2.45, 2.75) is 38.1 Å². The van der Waals surface area contributed by atoms with Crippen molar-refractivity contribution in [2.75, 3.05) is 25.0 Å². The Labute approximate surface area is 125 Å². The summed E-state index contributed by atoms with van der Waals surface area (Å²) in [5, 5.41) is 1.05. The molecule has 1 aliphatic rings. The fraction of sp³-hybridized carbons (Fsp3) is 0.625. The molecule has 19 heavy (non-hydrogen) atoms. The van der Waals surface area contributed by atoms with E-state index in [1.807, 2.05) is 30.3 Å². The smallest absolute Gasteiger partial charge is 0.119 e. The van der Waals surface area contributed by atoms with Crippen LogP contribution in [0.3, 0.4) is 0 Å². The van der Waals surface area contributed by atoms with Crippen LogP contribution in [-0.4, -0.2) is 36.0 Å². The second kappa shape index (κ2) is 8.60. The van der Waals surface area contributed by atoms with Gasteiger partial charge in [-0.1, -0.05) is 53.4 Å². The van der Waals surface area contributed by atoms with Crippen LogP contribution in [0, 0.1) is 0 Å². The maximum atomic E-state index is 5.82. The molecule has 0 bridgehead atoms. The Balaban J connectivity index is 1.76. The molecule has 1 aromatic rings. The molecule has 1 saturated carbocycles. The lowest BCUT2D eigenvalue weighted by Crippen LogP contribution is -2.40. The molecule has 3 heteroatoms. The SMILES string of the molecule is BrCCN(CCOc1ccccc1)C1CCCCC1. The highest BCUT2D eigenvalue weighted by Crippen LogP contribution is 2.22. The minimum Gasteiger partial charge on any atom is -0.492 e. The third kappa shape index (κ3) is 5.15. The Morgan fingerprint density at radius 3 is 2.47 bits per heavy atom. The van der Waals surface area contributed by atoms with E-state index in [0.717, 1.165) is 36.8 Å². The second-order valence-electron chi connectivity index (χ2n) is 5.18. The van der Waals surface area contributed by atoms with Gasteiger partial charge in [0.05, 0.1) is 0 Å². The first-order valence-corrected chi connectivity index (χ1v) is 8.50. The van der Waals surface area contributed by atoms with E-state index in [9.17, 15) is 0 Å². The van der Waals surface area contributed by atoms with Gasteiger partial charge in [-0.25, -0.2) is 0 Å². The normalized spacial score (nSPS) is 16.7. The van der Waals surface area contributed by atoms with Crippen LogP contribution >= 0.6 is 15.9 Å². The first kappa shape index (κ1) is 14.9. The quantitative estimate of drug-likeness (QED) is 0.700. The van der Waals surface area contributed by atoms with E-state index in [0.29, 0.717) is 0 Å². The predicted molar refractivity (Wildman–Crippen MR) is 84.2 cm³/mol. The lowest BCUT2D eigenvalue weighted by Gasteiger charge is -2.33. The molecule has 0 aromatic heterocycles. The van der Waals surface area contributed by atoms with Gasteiger partial charge in [0.15, 0.2) is 0 Å². The van der Waals surface area contributed by atoms with Crippen LogP contribution in [0.1, 0.15) is 32.1 Å². The number of halogens is 1. The molecule has 1 aromatic carbocycles.